The summed E-state index contributed by atoms with van der Waals surface area (Å²) >= 11 is 1.32. The number of nitrogens with one attached hydrogen (secondary N) is 1. The zero-order chi connectivity index (χ0) is 24.6. The van der Waals surface area contributed by atoms with E-state index >= 15 is 0 Å². The summed E-state index contributed by atoms with van der Waals surface area (Å²) in [5, 5.41) is 12.1. The zero-order valence-electron chi connectivity index (χ0n) is 19.6. The summed E-state index contributed by atoms with van der Waals surface area (Å²) in [4.78, 5) is 28.3. The molecule has 0 aliphatic carbocycles. The van der Waals surface area contributed by atoms with E-state index in [4.69, 9.17) is 4.74 Å². The molecule has 1 saturated heterocycles. The van der Waals surface area contributed by atoms with Gasteiger partial charge in [0.2, 0.25) is 5.91 Å². The predicted octanol–water partition coefficient (Wildman–Crippen LogP) is 3.33. The second kappa shape index (κ2) is 11.6. The van der Waals surface area contributed by atoms with Crippen LogP contribution in [0, 0.1) is 0 Å². The lowest BCUT2D eigenvalue weighted by molar-refractivity contribution is -0.113. The van der Waals surface area contributed by atoms with Gasteiger partial charge in [-0.25, -0.2) is 4.79 Å². The molecule has 3 aromatic rings. The van der Waals surface area contributed by atoms with Crippen molar-refractivity contribution in [1.82, 2.24) is 10.2 Å². The fourth-order valence-corrected chi connectivity index (χ4v) is 4.38. The van der Waals surface area contributed by atoms with Crippen molar-refractivity contribution in [3.63, 3.8) is 0 Å². The van der Waals surface area contributed by atoms with E-state index in [0.717, 1.165) is 43.4 Å². The van der Waals surface area contributed by atoms with Crippen molar-refractivity contribution in [3.8, 4) is 5.75 Å². The second-order valence-corrected chi connectivity index (χ2v) is 8.78. The van der Waals surface area contributed by atoms with Crippen molar-refractivity contribution in [3.05, 3.63) is 66.2 Å². The Balaban J connectivity index is 1.25. The molecule has 0 bridgehead atoms. The number of para-hydroxylation sites is 2. The molecule has 4 rings (SSSR count). The Labute approximate surface area is 208 Å². The summed E-state index contributed by atoms with van der Waals surface area (Å²) in [5.41, 5.74) is 2.14. The van der Waals surface area contributed by atoms with Crippen molar-refractivity contribution in [2.45, 2.75) is 5.03 Å². The van der Waals surface area contributed by atoms with Gasteiger partial charge in [-0.1, -0.05) is 23.9 Å². The van der Waals surface area contributed by atoms with E-state index in [2.05, 4.69) is 36.1 Å². The van der Waals surface area contributed by atoms with E-state index < -0.39 is 5.97 Å². The number of carbonyl (C=O) groups is 2. The first kappa shape index (κ1) is 24.3. The molecule has 0 unspecified atom stereocenters. The van der Waals surface area contributed by atoms with Crippen molar-refractivity contribution in [2.24, 2.45) is 0 Å². The molecule has 2 aromatic carbocycles. The number of hydrogen-bond donors (Lipinski definition) is 1. The molecule has 0 atom stereocenters. The number of aromatic nitrogens is 2. The molecule has 0 saturated carbocycles. The van der Waals surface area contributed by atoms with Crippen molar-refractivity contribution < 1.29 is 19.1 Å². The number of rotatable bonds is 8. The van der Waals surface area contributed by atoms with Gasteiger partial charge in [-0.05, 0) is 48.5 Å². The molecule has 10 heteroatoms. The average Bonchev–Trinajstić information content (AvgIpc) is 2.92. The molecule has 1 N–H and O–H groups in total. The van der Waals surface area contributed by atoms with E-state index in [1.54, 1.807) is 31.4 Å². The molecular formula is C25H27N5O4S. The fraction of sp³-hybridized carbons (Fsp3) is 0.280. The lowest BCUT2D eigenvalue weighted by atomic mass is 10.2. The Bertz CT molecular complexity index is 1150. The van der Waals surface area contributed by atoms with Gasteiger partial charge in [-0.15, -0.1) is 10.2 Å². The fourth-order valence-electron chi connectivity index (χ4n) is 3.77. The van der Waals surface area contributed by atoms with Gasteiger partial charge in [0.1, 0.15) is 10.8 Å². The van der Waals surface area contributed by atoms with E-state index in [0.29, 0.717) is 16.3 Å². The number of anilines is 3. The number of hydrogen-bond acceptors (Lipinski definition) is 9. The number of carbonyl (C=O) groups excluding carboxylic acids is 2. The molecule has 1 aromatic heterocycles. The van der Waals surface area contributed by atoms with Crippen LogP contribution in [-0.4, -0.2) is 68.2 Å². The lowest BCUT2D eigenvalue weighted by Gasteiger charge is -2.37. The maximum atomic E-state index is 12.3. The Morgan fingerprint density at radius 2 is 1.63 bits per heavy atom. The molecule has 182 valence electrons. The van der Waals surface area contributed by atoms with E-state index in [1.165, 1.54) is 18.9 Å². The third-order valence-corrected chi connectivity index (χ3v) is 6.52. The van der Waals surface area contributed by atoms with Gasteiger partial charge in [-0.3, -0.25) is 4.79 Å². The SMILES string of the molecule is COC(=O)c1ccc(NC(=O)CSc2ccc(N3CCN(c4ccccc4OC)CC3)nn2)cc1. The maximum absolute atomic E-state index is 12.3. The highest BCUT2D eigenvalue weighted by atomic mass is 32.2. The van der Waals surface area contributed by atoms with Crippen LogP contribution in [0.2, 0.25) is 0 Å². The molecule has 1 amide bonds. The standard InChI is InChI=1S/C25H27N5O4S/c1-33-21-6-4-3-5-20(21)29-13-15-30(16-14-29)22-11-12-24(28-27-22)35-17-23(31)26-19-9-7-18(8-10-19)25(32)34-2/h3-12H,13-17H2,1-2H3,(H,26,31). The highest BCUT2D eigenvalue weighted by molar-refractivity contribution is 7.99. The Morgan fingerprint density at radius 1 is 0.914 bits per heavy atom. The minimum Gasteiger partial charge on any atom is -0.495 e. The highest BCUT2D eigenvalue weighted by Gasteiger charge is 2.20. The van der Waals surface area contributed by atoms with Crippen LogP contribution in [0.25, 0.3) is 0 Å². The Morgan fingerprint density at radius 3 is 2.29 bits per heavy atom. The molecule has 0 radical (unpaired) electrons. The summed E-state index contributed by atoms with van der Waals surface area (Å²) in [7, 11) is 3.02. The lowest BCUT2D eigenvalue weighted by Crippen LogP contribution is -2.47. The van der Waals surface area contributed by atoms with Crippen LogP contribution in [0.5, 0.6) is 5.75 Å². The summed E-state index contributed by atoms with van der Waals surface area (Å²) in [5.74, 6) is 1.32. The quantitative estimate of drug-likeness (QED) is 0.374. The summed E-state index contributed by atoms with van der Waals surface area (Å²) in [6.45, 7) is 3.38. The van der Waals surface area contributed by atoms with Gasteiger partial charge in [-0.2, -0.15) is 0 Å². The third kappa shape index (κ3) is 6.21. The minimum absolute atomic E-state index is 0.167. The number of thioether (sulfide) groups is 1. The molecule has 1 fully saturated rings. The van der Waals surface area contributed by atoms with Gasteiger partial charge in [0.05, 0.1) is 31.2 Å². The van der Waals surface area contributed by atoms with Crippen molar-refractivity contribution in [1.29, 1.82) is 0 Å². The van der Waals surface area contributed by atoms with Crippen LogP contribution >= 0.6 is 11.8 Å². The van der Waals surface area contributed by atoms with Crippen molar-refractivity contribution in [2.75, 3.05) is 61.3 Å². The number of esters is 1. The van der Waals surface area contributed by atoms with Gasteiger partial charge in [0.15, 0.2) is 5.82 Å². The van der Waals surface area contributed by atoms with Crippen LogP contribution in [0.3, 0.4) is 0 Å². The van der Waals surface area contributed by atoms with Crippen molar-refractivity contribution >= 4 is 40.8 Å². The van der Waals surface area contributed by atoms with Crippen LogP contribution < -0.4 is 19.9 Å². The predicted molar refractivity (Wildman–Crippen MR) is 137 cm³/mol. The van der Waals surface area contributed by atoms with Crippen LogP contribution in [0.1, 0.15) is 10.4 Å². The van der Waals surface area contributed by atoms with Gasteiger partial charge in [0.25, 0.3) is 0 Å². The minimum atomic E-state index is -0.418. The van der Waals surface area contributed by atoms with Crippen LogP contribution in [0.4, 0.5) is 17.2 Å². The number of amides is 1. The third-order valence-electron chi connectivity index (χ3n) is 5.60. The summed E-state index contributed by atoms with van der Waals surface area (Å²) in [6.07, 6.45) is 0. The molecule has 2 heterocycles. The van der Waals surface area contributed by atoms with Gasteiger partial charge >= 0.3 is 5.97 Å². The normalized spacial score (nSPS) is 13.3. The number of benzene rings is 2. The molecule has 1 aliphatic rings. The topological polar surface area (TPSA) is 96.9 Å². The van der Waals surface area contributed by atoms with Gasteiger partial charge < -0.3 is 24.6 Å². The molecule has 1 aliphatic heterocycles. The Hall–Kier alpha value is -3.79. The zero-order valence-corrected chi connectivity index (χ0v) is 20.5. The smallest absolute Gasteiger partial charge is 0.337 e. The number of ether oxygens (including phenoxy) is 2. The molecule has 35 heavy (non-hydrogen) atoms. The Kier molecular flexibility index (Phi) is 8.04. The maximum Gasteiger partial charge on any atom is 0.337 e. The van der Waals surface area contributed by atoms with Gasteiger partial charge in [0, 0.05) is 31.9 Å². The molecule has 9 nitrogen and oxygen atoms in total. The molecular weight excluding hydrogens is 466 g/mol. The largest absolute Gasteiger partial charge is 0.495 e. The highest BCUT2D eigenvalue weighted by Crippen LogP contribution is 2.29. The first-order chi connectivity index (χ1) is 17.1. The second-order valence-electron chi connectivity index (χ2n) is 7.78. The van der Waals surface area contributed by atoms with Crippen LogP contribution in [0.15, 0.2) is 65.7 Å². The number of nitrogens with zero attached hydrogens (tertiary/aromatic N) is 4. The first-order valence-corrected chi connectivity index (χ1v) is 12.1. The summed E-state index contributed by atoms with van der Waals surface area (Å²) in [6, 6.07) is 18.4. The number of piperazine rings is 1. The monoisotopic (exact) mass is 493 g/mol. The average molecular weight is 494 g/mol. The first-order valence-electron chi connectivity index (χ1n) is 11.1. The van der Waals surface area contributed by atoms with E-state index in [-0.39, 0.29) is 11.7 Å². The summed E-state index contributed by atoms with van der Waals surface area (Å²) < 4.78 is 10.2. The van der Waals surface area contributed by atoms with Crippen LogP contribution in [-0.2, 0) is 9.53 Å². The molecule has 0 spiro atoms. The van der Waals surface area contributed by atoms with E-state index in [1.807, 2.05) is 30.3 Å². The number of methoxy groups -OCH3 is 2. The van der Waals surface area contributed by atoms with E-state index in [9.17, 15) is 9.59 Å².